The van der Waals surface area contributed by atoms with Gasteiger partial charge in [-0.05, 0) is 12.5 Å². The molecular weight excluding hydrogens is 132 g/mol. The molecular formula is C11H18. The van der Waals surface area contributed by atoms with E-state index in [-0.39, 0.29) is 14.9 Å². The summed E-state index contributed by atoms with van der Waals surface area (Å²) in [4.78, 5) is 0. The SMILES string of the molecule is C.C.C=C(C)c1ccccc1. The lowest BCUT2D eigenvalue weighted by atomic mass is 10.1. The van der Waals surface area contributed by atoms with Crippen molar-refractivity contribution >= 4 is 5.57 Å². The van der Waals surface area contributed by atoms with Crippen LogP contribution in [0.1, 0.15) is 27.3 Å². The third-order valence-corrected chi connectivity index (χ3v) is 1.27. The Morgan fingerprint density at radius 3 is 1.82 bits per heavy atom. The molecule has 0 saturated heterocycles. The summed E-state index contributed by atoms with van der Waals surface area (Å²) >= 11 is 0. The van der Waals surface area contributed by atoms with E-state index >= 15 is 0 Å². The summed E-state index contributed by atoms with van der Waals surface area (Å²) in [6.07, 6.45) is 0. The molecule has 0 fully saturated rings. The lowest BCUT2D eigenvalue weighted by Crippen LogP contribution is -1.72. The van der Waals surface area contributed by atoms with Crippen molar-refractivity contribution in [3.63, 3.8) is 0 Å². The van der Waals surface area contributed by atoms with Gasteiger partial charge in [0.25, 0.3) is 0 Å². The Bertz CT molecular complexity index is 197. The first-order valence-electron chi connectivity index (χ1n) is 3.01. The van der Waals surface area contributed by atoms with E-state index < -0.39 is 0 Å². The van der Waals surface area contributed by atoms with Crippen LogP contribution in [0.3, 0.4) is 0 Å². The van der Waals surface area contributed by atoms with Crippen LogP contribution < -0.4 is 0 Å². The summed E-state index contributed by atoms with van der Waals surface area (Å²) in [5, 5.41) is 0. The lowest BCUT2D eigenvalue weighted by molar-refractivity contribution is 1.58. The van der Waals surface area contributed by atoms with Crippen LogP contribution in [-0.4, -0.2) is 0 Å². The highest BCUT2D eigenvalue weighted by Crippen LogP contribution is 2.08. The number of allylic oxidation sites excluding steroid dienone is 1. The molecule has 11 heavy (non-hydrogen) atoms. The summed E-state index contributed by atoms with van der Waals surface area (Å²) in [6.45, 7) is 5.83. The van der Waals surface area contributed by atoms with Crippen molar-refractivity contribution in [2.24, 2.45) is 0 Å². The highest BCUT2D eigenvalue weighted by molar-refractivity contribution is 5.60. The first kappa shape index (κ1) is 12.6. The van der Waals surface area contributed by atoms with Gasteiger partial charge in [0.05, 0.1) is 0 Å². The Kier molecular flexibility index (Phi) is 6.57. The molecule has 62 valence electrons. The fourth-order valence-electron chi connectivity index (χ4n) is 0.723. The second kappa shape index (κ2) is 5.72. The zero-order valence-electron chi connectivity index (χ0n) is 5.59. The smallest absolute Gasteiger partial charge is 0.0233 e. The van der Waals surface area contributed by atoms with E-state index in [0.717, 1.165) is 5.57 Å². The first-order chi connectivity index (χ1) is 4.30. The van der Waals surface area contributed by atoms with Gasteiger partial charge in [0.2, 0.25) is 0 Å². The van der Waals surface area contributed by atoms with E-state index in [1.54, 1.807) is 0 Å². The highest BCUT2D eigenvalue weighted by Gasteiger charge is 1.86. The zero-order chi connectivity index (χ0) is 6.69. The van der Waals surface area contributed by atoms with Crippen LogP contribution >= 0.6 is 0 Å². The molecule has 0 heteroatoms. The predicted molar refractivity (Wildman–Crippen MR) is 54.6 cm³/mol. The maximum absolute atomic E-state index is 3.83. The molecule has 0 spiro atoms. The molecule has 0 radical (unpaired) electrons. The van der Waals surface area contributed by atoms with Crippen molar-refractivity contribution in [3.05, 3.63) is 42.5 Å². The minimum absolute atomic E-state index is 0. The molecule has 0 aliphatic heterocycles. The van der Waals surface area contributed by atoms with Crippen molar-refractivity contribution in [3.8, 4) is 0 Å². The molecule has 0 nitrogen and oxygen atoms in total. The number of rotatable bonds is 1. The van der Waals surface area contributed by atoms with Gasteiger partial charge < -0.3 is 0 Å². The Balaban J connectivity index is 0. The van der Waals surface area contributed by atoms with Crippen molar-refractivity contribution < 1.29 is 0 Å². The van der Waals surface area contributed by atoms with E-state index in [9.17, 15) is 0 Å². The second-order valence-corrected chi connectivity index (χ2v) is 2.15. The van der Waals surface area contributed by atoms with Gasteiger partial charge in [-0.3, -0.25) is 0 Å². The molecule has 0 N–H and O–H groups in total. The summed E-state index contributed by atoms with van der Waals surface area (Å²) in [7, 11) is 0. The van der Waals surface area contributed by atoms with Gasteiger partial charge in [0, 0.05) is 0 Å². The fraction of sp³-hybridized carbons (Fsp3) is 0.273. The Labute approximate surface area is 70.6 Å². The van der Waals surface area contributed by atoms with E-state index in [1.807, 2.05) is 25.1 Å². The van der Waals surface area contributed by atoms with Gasteiger partial charge in [0.1, 0.15) is 0 Å². The molecule has 1 aromatic rings. The van der Waals surface area contributed by atoms with Crippen LogP contribution in [0, 0.1) is 0 Å². The van der Waals surface area contributed by atoms with Crippen LogP contribution in [0.25, 0.3) is 5.57 Å². The van der Waals surface area contributed by atoms with Crippen LogP contribution in [0.5, 0.6) is 0 Å². The van der Waals surface area contributed by atoms with Crippen LogP contribution in [0.2, 0.25) is 0 Å². The molecule has 0 aliphatic carbocycles. The molecule has 0 bridgehead atoms. The van der Waals surface area contributed by atoms with Gasteiger partial charge in [0.15, 0.2) is 0 Å². The molecule has 1 aromatic carbocycles. The first-order valence-corrected chi connectivity index (χ1v) is 3.01. The Morgan fingerprint density at radius 2 is 1.55 bits per heavy atom. The normalized spacial score (nSPS) is 7.36. The minimum Gasteiger partial charge on any atom is -0.0955 e. The second-order valence-electron chi connectivity index (χ2n) is 2.15. The van der Waals surface area contributed by atoms with E-state index in [4.69, 9.17) is 0 Å². The van der Waals surface area contributed by atoms with Gasteiger partial charge >= 0.3 is 0 Å². The summed E-state index contributed by atoms with van der Waals surface area (Å²) < 4.78 is 0. The van der Waals surface area contributed by atoms with E-state index in [2.05, 4.69) is 18.7 Å². The van der Waals surface area contributed by atoms with Crippen LogP contribution in [0.4, 0.5) is 0 Å². The van der Waals surface area contributed by atoms with Crippen LogP contribution in [0.15, 0.2) is 36.9 Å². The lowest BCUT2D eigenvalue weighted by Gasteiger charge is -1.94. The molecule has 0 saturated carbocycles. The van der Waals surface area contributed by atoms with Gasteiger partial charge in [-0.2, -0.15) is 0 Å². The third kappa shape index (κ3) is 3.61. The standard InChI is InChI=1S/C9H10.2CH4/c1-8(2)9-6-4-3-5-7-9;;/h3-7H,1H2,2H3;2*1H4. The predicted octanol–water partition coefficient (Wildman–Crippen LogP) is 3.99. The van der Waals surface area contributed by atoms with Crippen molar-refractivity contribution in [1.29, 1.82) is 0 Å². The van der Waals surface area contributed by atoms with Gasteiger partial charge in [-0.15, -0.1) is 0 Å². The number of hydrogen-bond acceptors (Lipinski definition) is 0. The highest BCUT2D eigenvalue weighted by atomic mass is 13.9. The van der Waals surface area contributed by atoms with Crippen LogP contribution in [-0.2, 0) is 0 Å². The van der Waals surface area contributed by atoms with Crippen molar-refractivity contribution in [2.75, 3.05) is 0 Å². The molecule has 0 heterocycles. The molecule has 0 amide bonds. The maximum atomic E-state index is 3.83. The molecule has 0 unspecified atom stereocenters. The topological polar surface area (TPSA) is 0 Å². The average Bonchev–Trinajstić information content (AvgIpc) is 1.90. The van der Waals surface area contributed by atoms with Crippen molar-refractivity contribution in [2.45, 2.75) is 21.8 Å². The van der Waals surface area contributed by atoms with Gasteiger partial charge in [-0.1, -0.05) is 57.3 Å². The van der Waals surface area contributed by atoms with Gasteiger partial charge in [-0.25, -0.2) is 0 Å². The van der Waals surface area contributed by atoms with E-state index in [0.29, 0.717) is 0 Å². The molecule has 0 aliphatic rings. The summed E-state index contributed by atoms with van der Waals surface area (Å²) in [6, 6.07) is 10.2. The quantitative estimate of drug-likeness (QED) is 0.567. The fourth-order valence-corrected chi connectivity index (χ4v) is 0.723. The monoisotopic (exact) mass is 150 g/mol. The summed E-state index contributed by atoms with van der Waals surface area (Å²) in [5.74, 6) is 0. The molecule has 0 aromatic heterocycles. The minimum atomic E-state index is 0. The largest absolute Gasteiger partial charge is 0.0955 e. The zero-order valence-corrected chi connectivity index (χ0v) is 5.59. The third-order valence-electron chi connectivity index (χ3n) is 1.27. The Morgan fingerprint density at radius 1 is 1.09 bits per heavy atom. The Hall–Kier alpha value is -1.04. The number of hydrogen-bond donors (Lipinski definition) is 0. The summed E-state index contributed by atoms with van der Waals surface area (Å²) in [5.41, 5.74) is 2.34. The maximum Gasteiger partial charge on any atom is -0.0233 e. The molecule has 0 atom stereocenters. The van der Waals surface area contributed by atoms with Crippen molar-refractivity contribution in [1.82, 2.24) is 0 Å². The molecule has 1 rings (SSSR count). The van der Waals surface area contributed by atoms with E-state index in [1.165, 1.54) is 5.56 Å². The average molecular weight is 150 g/mol. The number of benzene rings is 1.